The Bertz CT molecular complexity index is 245. The van der Waals surface area contributed by atoms with Gasteiger partial charge < -0.3 is 0 Å². The monoisotopic (exact) mass is 233 g/mol. The molecule has 14 heavy (non-hydrogen) atoms. The fraction of sp³-hybridized carbons (Fsp3) is 0.571. The van der Waals surface area contributed by atoms with E-state index in [0.717, 1.165) is 6.21 Å². The summed E-state index contributed by atoms with van der Waals surface area (Å²) in [6.45, 7) is 0.653. The molecule has 0 aromatic rings. The van der Waals surface area contributed by atoms with Gasteiger partial charge in [-0.25, -0.2) is 4.99 Å². The number of nitrogens with zero attached hydrogens (tertiary/aromatic N) is 2. The maximum Gasteiger partial charge on any atom is 0.598 e. The van der Waals surface area contributed by atoms with Crippen LogP contribution in [0.2, 0.25) is 0 Å². The molecule has 0 bridgehead atoms. The third kappa shape index (κ3) is 4.06. The second kappa shape index (κ2) is 4.75. The highest BCUT2D eigenvalue weighted by atomic mass is 35.5. The zero-order chi connectivity index (χ0) is 11.4. The third-order valence-electron chi connectivity index (χ3n) is 1.41. The number of alkyl halides is 3. The Kier molecular flexibility index (Phi) is 4.54. The molecule has 1 atom stereocenters. The fourth-order valence-corrected chi connectivity index (χ4v) is 0.528. The SMILES string of the molecule is C/C=C(/Cl)N=CC[N+](C)(F)C(F)(F)F. The molecule has 0 amide bonds. The van der Waals surface area contributed by atoms with Gasteiger partial charge in [-0.3, -0.25) is 0 Å². The Labute approximate surface area is 84.0 Å². The van der Waals surface area contributed by atoms with Gasteiger partial charge in [-0.15, -0.1) is 13.2 Å². The van der Waals surface area contributed by atoms with Crippen LogP contribution in [-0.4, -0.2) is 30.8 Å². The highest BCUT2D eigenvalue weighted by molar-refractivity contribution is 6.29. The van der Waals surface area contributed by atoms with Crippen LogP contribution in [0.3, 0.4) is 0 Å². The van der Waals surface area contributed by atoms with Crippen LogP contribution >= 0.6 is 11.6 Å². The predicted molar refractivity (Wildman–Crippen MR) is 46.3 cm³/mol. The topological polar surface area (TPSA) is 12.4 Å². The molecular weight excluding hydrogens is 224 g/mol. The van der Waals surface area contributed by atoms with Crippen LogP contribution in [-0.2, 0) is 0 Å². The van der Waals surface area contributed by atoms with E-state index in [1.165, 1.54) is 6.08 Å². The minimum absolute atomic E-state index is 0.0205. The first kappa shape index (κ1) is 13.4. The summed E-state index contributed by atoms with van der Waals surface area (Å²) in [5.41, 5.74) is 0. The highest BCUT2D eigenvalue weighted by Gasteiger charge is 2.54. The molecule has 0 aliphatic heterocycles. The van der Waals surface area contributed by atoms with Crippen molar-refractivity contribution in [3.8, 4) is 0 Å². The average Bonchev–Trinajstić information content (AvgIpc) is 2.01. The first-order valence-electron chi connectivity index (χ1n) is 3.67. The molecule has 0 rings (SSSR count). The molecule has 82 valence electrons. The summed E-state index contributed by atoms with van der Waals surface area (Å²) >= 11 is 5.36. The van der Waals surface area contributed by atoms with Crippen LogP contribution in [0, 0.1) is 0 Å². The summed E-state index contributed by atoms with van der Waals surface area (Å²) in [5.74, 6) is 0. The van der Waals surface area contributed by atoms with Crippen molar-refractivity contribution in [3.05, 3.63) is 11.2 Å². The summed E-state index contributed by atoms with van der Waals surface area (Å²) in [4.78, 5) is 3.39. The lowest BCUT2D eigenvalue weighted by molar-refractivity contribution is -1.12. The van der Waals surface area contributed by atoms with Gasteiger partial charge in [0, 0.05) is 4.48 Å². The van der Waals surface area contributed by atoms with Crippen LogP contribution in [0.5, 0.6) is 0 Å². The van der Waals surface area contributed by atoms with Crippen molar-refractivity contribution in [2.45, 2.75) is 13.2 Å². The van der Waals surface area contributed by atoms with E-state index >= 15 is 0 Å². The Morgan fingerprint density at radius 2 is 2.00 bits per heavy atom. The first-order valence-corrected chi connectivity index (χ1v) is 4.05. The summed E-state index contributed by atoms with van der Waals surface area (Å²) in [6.07, 6.45) is -2.78. The summed E-state index contributed by atoms with van der Waals surface area (Å²) in [7, 11) is 0.398. The summed E-state index contributed by atoms with van der Waals surface area (Å²) < 4.78 is 46.0. The average molecular weight is 234 g/mol. The van der Waals surface area contributed by atoms with E-state index in [2.05, 4.69) is 4.99 Å². The molecular formula is C7H10ClF4N2+. The van der Waals surface area contributed by atoms with Gasteiger partial charge in [0.25, 0.3) is 0 Å². The molecule has 0 aliphatic carbocycles. The molecule has 0 aromatic heterocycles. The zero-order valence-corrected chi connectivity index (χ0v) is 8.40. The number of aliphatic imine (C=N–C) groups is 1. The highest BCUT2D eigenvalue weighted by Crippen LogP contribution is 2.28. The predicted octanol–water partition coefficient (Wildman–Crippen LogP) is 3.01. The van der Waals surface area contributed by atoms with Crippen LogP contribution < -0.4 is 0 Å². The lowest BCUT2D eigenvalue weighted by Gasteiger charge is -2.20. The Morgan fingerprint density at radius 3 is 2.36 bits per heavy atom. The second-order valence-corrected chi connectivity index (χ2v) is 3.03. The van der Waals surface area contributed by atoms with Gasteiger partial charge in [-0.2, -0.15) is 0 Å². The van der Waals surface area contributed by atoms with Crippen molar-refractivity contribution in [2.24, 2.45) is 4.99 Å². The Balaban J connectivity index is 4.34. The maximum atomic E-state index is 12.8. The molecule has 0 heterocycles. The fourth-order valence-electron chi connectivity index (χ4n) is 0.459. The van der Waals surface area contributed by atoms with Gasteiger partial charge >= 0.3 is 6.30 Å². The number of quaternary nitrogens is 1. The molecule has 0 N–H and O–H groups in total. The summed E-state index contributed by atoms with van der Waals surface area (Å²) in [6, 6.07) is 0. The largest absolute Gasteiger partial charge is 0.598 e. The third-order valence-corrected chi connectivity index (χ3v) is 1.72. The van der Waals surface area contributed by atoms with Gasteiger partial charge in [0.05, 0.1) is 6.21 Å². The van der Waals surface area contributed by atoms with Gasteiger partial charge in [0.15, 0.2) is 6.54 Å². The van der Waals surface area contributed by atoms with Crippen molar-refractivity contribution >= 4 is 17.8 Å². The molecule has 0 aromatic carbocycles. The van der Waals surface area contributed by atoms with E-state index < -0.39 is 17.6 Å². The van der Waals surface area contributed by atoms with E-state index in [9.17, 15) is 17.7 Å². The van der Waals surface area contributed by atoms with Crippen LogP contribution in [0.15, 0.2) is 16.2 Å². The van der Waals surface area contributed by atoms with Gasteiger partial charge in [0.1, 0.15) is 12.2 Å². The standard InChI is InChI=1S/C7H10ClF4N2/c1-3-6(8)13-4-5-14(2,12)7(9,10)11/h3-4H,5H2,1-2H3/q+1/b6-3-,13-4?. The number of halogens is 5. The Hall–Kier alpha value is -0.620. The van der Waals surface area contributed by atoms with Crippen molar-refractivity contribution < 1.29 is 22.4 Å². The van der Waals surface area contributed by atoms with E-state index in [-0.39, 0.29) is 5.16 Å². The van der Waals surface area contributed by atoms with Crippen molar-refractivity contribution in [2.75, 3.05) is 13.6 Å². The van der Waals surface area contributed by atoms with Crippen LogP contribution in [0.25, 0.3) is 0 Å². The van der Waals surface area contributed by atoms with Crippen LogP contribution in [0.4, 0.5) is 17.7 Å². The molecule has 0 aliphatic rings. The molecule has 0 saturated heterocycles. The normalized spacial score (nSPS) is 18.6. The number of hydrogen-bond donors (Lipinski definition) is 0. The number of hydrogen-bond acceptors (Lipinski definition) is 1. The van der Waals surface area contributed by atoms with Gasteiger partial charge in [0.2, 0.25) is 0 Å². The maximum absolute atomic E-state index is 12.8. The minimum atomic E-state index is -4.95. The Morgan fingerprint density at radius 1 is 1.50 bits per heavy atom. The summed E-state index contributed by atoms with van der Waals surface area (Å²) in [5, 5.41) is 0.0205. The quantitative estimate of drug-likeness (QED) is 0.308. The first-order chi connectivity index (χ1) is 6.20. The van der Waals surface area contributed by atoms with Crippen molar-refractivity contribution in [1.29, 1.82) is 0 Å². The van der Waals surface area contributed by atoms with E-state index in [1.807, 2.05) is 0 Å². The van der Waals surface area contributed by atoms with E-state index in [1.54, 1.807) is 6.92 Å². The molecule has 0 saturated carbocycles. The molecule has 1 unspecified atom stereocenters. The number of allylic oxidation sites excluding steroid dienone is 1. The number of rotatable bonds is 3. The van der Waals surface area contributed by atoms with E-state index in [0.29, 0.717) is 7.05 Å². The van der Waals surface area contributed by atoms with E-state index in [4.69, 9.17) is 11.6 Å². The molecule has 0 fully saturated rings. The lowest BCUT2D eigenvalue weighted by atomic mass is 10.6. The second-order valence-electron chi connectivity index (χ2n) is 2.64. The zero-order valence-electron chi connectivity index (χ0n) is 7.65. The molecule has 0 radical (unpaired) electrons. The van der Waals surface area contributed by atoms with Crippen molar-refractivity contribution in [3.63, 3.8) is 0 Å². The molecule has 7 heteroatoms. The van der Waals surface area contributed by atoms with Crippen LogP contribution in [0.1, 0.15) is 6.92 Å². The lowest BCUT2D eigenvalue weighted by Crippen LogP contribution is -2.48. The van der Waals surface area contributed by atoms with Gasteiger partial charge in [-0.1, -0.05) is 17.7 Å². The smallest absolute Gasteiger partial charge is 0.243 e. The minimum Gasteiger partial charge on any atom is -0.243 e. The van der Waals surface area contributed by atoms with Crippen molar-refractivity contribution in [1.82, 2.24) is 0 Å². The van der Waals surface area contributed by atoms with Gasteiger partial charge in [-0.05, 0) is 11.6 Å². The molecule has 0 spiro atoms. The molecule has 2 nitrogen and oxygen atoms in total.